The molecule has 3 aromatic rings. The standard InChI is InChI=1S/C19H17FN2O2/c1-13-10-15(8-9-16(13)20)17-11-22(12-18(23)24-2)19(21-17)14-6-4-3-5-7-14/h3-11H,12H2,1-2H3. The number of nitrogens with zero attached hydrogens (tertiary/aromatic N) is 2. The number of aromatic nitrogens is 2. The molecule has 0 aliphatic rings. The van der Waals surface area contributed by atoms with Crippen LogP contribution in [-0.4, -0.2) is 22.6 Å². The molecule has 0 N–H and O–H groups in total. The number of aryl methyl sites for hydroxylation is 1. The lowest BCUT2D eigenvalue weighted by atomic mass is 10.1. The fourth-order valence-electron chi connectivity index (χ4n) is 2.50. The van der Waals surface area contributed by atoms with Crippen LogP contribution in [-0.2, 0) is 16.1 Å². The highest BCUT2D eigenvalue weighted by Crippen LogP contribution is 2.26. The van der Waals surface area contributed by atoms with Gasteiger partial charge in [-0.2, -0.15) is 0 Å². The van der Waals surface area contributed by atoms with Gasteiger partial charge in [-0.25, -0.2) is 9.37 Å². The lowest BCUT2D eigenvalue weighted by Crippen LogP contribution is -2.11. The first-order valence-corrected chi connectivity index (χ1v) is 7.54. The van der Waals surface area contributed by atoms with Gasteiger partial charge in [-0.3, -0.25) is 4.79 Å². The van der Waals surface area contributed by atoms with Crippen molar-refractivity contribution in [3.8, 4) is 22.6 Å². The maximum atomic E-state index is 13.5. The van der Waals surface area contributed by atoms with Crippen LogP contribution < -0.4 is 0 Å². The number of imidazole rings is 1. The van der Waals surface area contributed by atoms with Gasteiger partial charge in [-0.05, 0) is 30.7 Å². The number of rotatable bonds is 4. The summed E-state index contributed by atoms with van der Waals surface area (Å²) in [5.74, 6) is 0.0559. The average molecular weight is 324 g/mol. The number of halogens is 1. The molecular weight excluding hydrogens is 307 g/mol. The molecule has 4 nitrogen and oxygen atoms in total. The molecule has 0 aliphatic heterocycles. The largest absolute Gasteiger partial charge is 0.468 e. The van der Waals surface area contributed by atoms with Gasteiger partial charge in [0.1, 0.15) is 18.2 Å². The van der Waals surface area contributed by atoms with E-state index in [1.165, 1.54) is 13.2 Å². The summed E-state index contributed by atoms with van der Waals surface area (Å²) in [6.45, 7) is 1.77. The van der Waals surface area contributed by atoms with E-state index in [4.69, 9.17) is 4.74 Å². The molecule has 1 heterocycles. The molecule has 0 atom stereocenters. The number of hydrogen-bond donors (Lipinski definition) is 0. The molecule has 0 saturated carbocycles. The van der Waals surface area contributed by atoms with E-state index in [9.17, 15) is 9.18 Å². The zero-order valence-electron chi connectivity index (χ0n) is 13.5. The molecule has 0 aliphatic carbocycles. The van der Waals surface area contributed by atoms with Crippen molar-refractivity contribution in [3.63, 3.8) is 0 Å². The first-order chi connectivity index (χ1) is 11.6. The number of hydrogen-bond acceptors (Lipinski definition) is 3. The monoisotopic (exact) mass is 324 g/mol. The lowest BCUT2D eigenvalue weighted by molar-refractivity contribution is -0.141. The van der Waals surface area contributed by atoms with E-state index in [1.54, 1.807) is 29.8 Å². The number of methoxy groups -OCH3 is 1. The highest BCUT2D eigenvalue weighted by molar-refractivity contribution is 5.72. The van der Waals surface area contributed by atoms with E-state index in [0.717, 1.165) is 11.1 Å². The summed E-state index contributed by atoms with van der Waals surface area (Å²) < 4.78 is 20.0. The van der Waals surface area contributed by atoms with Crippen LogP contribution in [0.2, 0.25) is 0 Å². The van der Waals surface area contributed by atoms with Crippen LogP contribution in [0.4, 0.5) is 4.39 Å². The fraction of sp³-hybridized carbons (Fsp3) is 0.158. The molecule has 0 unspecified atom stereocenters. The first kappa shape index (κ1) is 15.9. The van der Waals surface area contributed by atoms with Crippen LogP contribution in [0.3, 0.4) is 0 Å². The minimum atomic E-state index is -0.355. The van der Waals surface area contributed by atoms with Crippen LogP contribution >= 0.6 is 0 Å². The van der Waals surface area contributed by atoms with Crippen molar-refractivity contribution < 1.29 is 13.9 Å². The maximum Gasteiger partial charge on any atom is 0.325 e. The minimum absolute atomic E-state index is 0.0634. The number of benzene rings is 2. The van der Waals surface area contributed by atoms with Crippen molar-refractivity contribution in [1.82, 2.24) is 9.55 Å². The second-order valence-corrected chi connectivity index (χ2v) is 5.48. The van der Waals surface area contributed by atoms with Crippen molar-refractivity contribution >= 4 is 5.97 Å². The van der Waals surface area contributed by atoms with Gasteiger partial charge in [-0.1, -0.05) is 30.3 Å². The molecule has 122 valence electrons. The fourth-order valence-corrected chi connectivity index (χ4v) is 2.50. The Morgan fingerprint density at radius 2 is 1.92 bits per heavy atom. The van der Waals surface area contributed by atoms with Crippen LogP contribution in [0.25, 0.3) is 22.6 Å². The third-order valence-corrected chi connectivity index (χ3v) is 3.79. The van der Waals surface area contributed by atoms with Gasteiger partial charge in [0.25, 0.3) is 0 Å². The molecule has 3 rings (SSSR count). The molecule has 0 spiro atoms. The Bertz CT molecular complexity index is 872. The van der Waals surface area contributed by atoms with Crippen molar-refractivity contribution in [2.24, 2.45) is 0 Å². The molecule has 0 bridgehead atoms. The summed E-state index contributed by atoms with van der Waals surface area (Å²) in [6.07, 6.45) is 1.78. The lowest BCUT2D eigenvalue weighted by Gasteiger charge is -2.05. The molecule has 0 amide bonds. The molecular formula is C19H17FN2O2. The Morgan fingerprint density at radius 3 is 2.58 bits per heavy atom. The predicted molar refractivity (Wildman–Crippen MR) is 89.8 cm³/mol. The van der Waals surface area contributed by atoms with E-state index in [0.29, 0.717) is 17.1 Å². The van der Waals surface area contributed by atoms with Crippen molar-refractivity contribution in [3.05, 3.63) is 66.1 Å². The van der Waals surface area contributed by atoms with E-state index >= 15 is 0 Å². The topological polar surface area (TPSA) is 44.1 Å². The number of carbonyl (C=O) groups excluding carboxylic acids is 1. The van der Waals surface area contributed by atoms with Gasteiger partial charge in [0, 0.05) is 17.3 Å². The molecule has 0 fully saturated rings. The quantitative estimate of drug-likeness (QED) is 0.685. The summed E-state index contributed by atoms with van der Waals surface area (Å²) in [5.41, 5.74) is 2.93. The summed E-state index contributed by atoms with van der Waals surface area (Å²) >= 11 is 0. The third kappa shape index (κ3) is 3.20. The van der Waals surface area contributed by atoms with E-state index in [1.807, 2.05) is 30.3 Å². The van der Waals surface area contributed by atoms with Gasteiger partial charge >= 0.3 is 5.97 Å². The second kappa shape index (κ2) is 6.66. The smallest absolute Gasteiger partial charge is 0.325 e. The van der Waals surface area contributed by atoms with E-state index < -0.39 is 0 Å². The van der Waals surface area contributed by atoms with Crippen molar-refractivity contribution in [2.75, 3.05) is 7.11 Å². The summed E-state index contributed by atoms with van der Waals surface area (Å²) in [6, 6.07) is 14.4. The molecule has 24 heavy (non-hydrogen) atoms. The van der Waals surface area contributed by atoms with Crippen LogP contribution in [0.5, 0.6) is 0 Å². The Morgan fingerprint density at radius 1 is 1.17 bits per heavy atom. The van der Waals surface area contributed by atoms with Gasteiger partial charge in [0.05, 0.1) is 12.8 Å². The Labute approximate surface area is 139 Å². The molecule has 2 aromatic carbocycles. The van der Waals surface area contributed by atoms with Crippen LogP contribution in [0, 0.1) is 12.7 Å². The normalized spacial score (nSPS) is 10.6. The Balaban J connectivity index is 2.08. The highest BCUT2D eigenvalue weighted by Gasteiger charge is 2.14. The second-order valence-electron chi connectivity index (χ2n) is 5.48. The van der Waals surface area contributed by atoms with Crippen molar-refractivity contribution in [2.45, 2.75) is 13.5 Å². The van der Waals surface area contributed by atoms with Gasteiger partial charge < -0.3 is 9.30 Å². The summed E-state index contributed by atoms with van der Waals surface area (Å²) in [5, 5.41) is 0. The van der Waals surface area contributed by atoms with Crippen LogP contribution in [0.1, 0.15) is 5.56 Å². The van der Waals surface area contributed by atoms with E-state index in [2.05, 4.69) is 4.98 Å². The average Bonchev–Trinajstić information content (AvgIpc) is 3.01. The van der Waals surface area contributed by atoms with Crippen LogP contribution in [0.15, 0.2) is 54.7 Å². The Hall–Kier alpha value is -2.95. The van der Waals surface area contributed by atoms with Gasteiger partial charge in [-0.15, -0.1) is 0 Å². The highest BCUT2D eigenvalue weighted by atomic mass is 19.1. The number of ether oxygens (including phenoxy) is 1. The molecule has 1 aromatic heterocycles. The van der Waals surface area contributed by atoms with E-state index in [-0.39, 0.29) is 18.3 Å². The van der Waals surface area contributed by atoms with Gasteiger partial charge in [0.2, 0.25) is 0 Å². The van der Waals surface area contributed by atoms with Gasteiger partial charge in [0.15, 0.2) is 0 Å². The molecule has 5 heteroatoms. The Kier molecular flexibility index (Phi) is 4.42. The zero-order valence-corrected chi connectivity index (χ0v) is 13.5. The molecule has 0 saturated heterocycles. The predicted octanol–water partition coefficient (Wildman–Crippen LogP) is 3.84. The SMILES string of the molecule is COC(=O)Cn1cc(-c2ccc(F)c(C)c2)nc1-c1ccccc1. The molecule has 0 radical (unpaired) electrons. The maximum absolute atomic E-state index is 13.5. The summed E-state index contributed by atoms with van der Waals surface area (Å²) in [4.78, 5) is 16.3. The third-order valence-electron chi connectivity index (χ3n) is 3.79. The minimum Gasteiger partial charge on any atom is -0.468 e. The number of esters is 1. The number of carbonyl (C=O) groups is 1. The first-order valence-electron chi connectivity index (χ1n) is 7.54. The van der Waals surface area contributed by atoms with Crippen molar-refractivity contribution in [1.29, 1.82) is 0 Å². The zero-order chi connectivity index (χ0) is 17.1. The summed E-state index contributed by atoms with van der Waals surface area (Å²) in [7, 11) is 1.35.